The van der Waals surface area contributed by atoms with Crippen molar-refractivity contribution in [1.82, 2.24) is 4.90 Å². The number of methoxy groups -OCH3 is 1. The fraction of sp³-hybridized carbons (Fsp3) is 0.615. The summed E-state index contributed by atoms with van der Waals surface area (Å²) in [4.78, 5) is 14.4. The summed E-state index contributed by atoms with van der Waals surface area (Å²) in [5.74, 6) is 0.131. The second-order valence-electron chi connectivity index (χ2n) is 4.76. The van der Waals surface area contributed by atoms with Crippen molar-refractivity contribution in [2.45, 2.75) is 31.1 Å². The molecule has 0 unspecified atom stereocenters. The highest BCUT2D eigenvalue weighted by Crippen LogP contribution is 2.32. The van der Waals surface area contributed by atoms with Gasteiger partial charge in [-0.2, -0.15) is 11.3 Å². The number of carbonyl (C=O) groups excluding carboxylic acids is 1. The topological polar surface area (TPSA) is 38.8 Å². The molecule has 0 radical (unpaired) electrons. The summed E-state index contributed by atoms with van der Waals surface area (Å²) >= 11 is 1.56. The zero-order valence-electron chi connectivity index (χ0n) is 10.4. The highest BCUT2D eigenvalue weighted by molar-refractivity contribution is 7.08. The number of fused-ring (bicyclic) bond motifs is 1. The molecule has 5 heteroatoms. The van der Waals surface area contributed by atoms with E-state index < -0.39 is 0 Å². The minimum atomic E-state index is 0.0475. The van der Waals surface area contributed by atoms with Gasteiger partial charge >= 0.3 is 0 Å². The molecule has 0 N–H and O–H groups in total. The van der Waals surface area contributed by atoms with Crippen LogP contribution < -0.4 is 0 Å². The normalized spacial score (nSPS) is 31.4. The number of morpholine rings is 1. The third-order valence-corrected chi connectivity index (χ3v) is 4.55. The molecule has 0 aromatic carbocycles. The first-order valence-corrected chi connectivity index (χ1v) is 7.23. The molecule has 2 fully saturated rings. The molecule has 3 atom stereocenters. The quantitative estimate of drug-likeness (QED) is 0.819. The smallest absolute Gasteiger partial charge is 0.255 e. The molecule has 0 spiro atoms. The van der Waals surface area contributed by atoms with E-state index in [1.165, 1.54) is 0 Å². The fourth-order valence-electron chi connectivity index (χ4n) is 2.97. The number of hydrogen-bond acceptors (Lipinski definition) is 4. The van der Waals surface area contributed by atoms with Gasteiger partial charge in [0.1, 0.15) is 6.10 Å². The number of carbonyl (C=O) groups is 1. The van der Waals surface area contributed by atoms with Gasteiger partial charge < -0.3 is 14.4 Å². The predicted molar refractivity (Wildman–Crippen MR) is 68.9 cm³/mol. The zero-order valence-corrected chi connectivity index (χ0v) is 11.2. The van der Waals surface area contributed by atoms with Crippen molar-refractivity contribution in [1.29, 1.82) is 0 Å². The van der Waals surface area contributed by atoms with E-state index in [-0.39, 0.29) is 24.2 Å². The van der Waals surface area contributed by atoms with Crippen LogP contribution in [-0.4, -0.2) is 49.3 Å². The lowest BCUT2D eigenvalue weighted by Crippen LogP contribution is -2.53. The third-order valence-electron chi connectivity index (χ3n) is 3.87. The van der Waals surface area contributed by atoms with Gasteiger partial charge in [0.2, 0.25) is 0 Å². The molecular weight excluding hydrogens is 250 g/mol. The Balaban J connectivity index is 1.79. The fourth-order valence-corrected chi connectivity index (χ4v) is 3.60. The monoisotopic (exact) mass is 267 g/mol. The second-order valence-corrected chi connectivity index (χ2v) is 5.54. The number of ether oxygens (including phenoxy) is 2. The van der Waals surface area contributed by atoms with Gasteiger partial charge in [-0.1, -0.05) is 0 Å². The lowest BCUT2D eigenvalue weighted by atomic mass is 10.1. The molecule has 1 amide bonds. The van der Waals surface area contributed by atoms with Crippen LogP contribution in [-0.2, 0) is 9.47 Å². The average Bonchev–Trinajstić information content (AvgIpc) is 3.06. The Kier molecular flexibility index (Phi) is 3.37. The van der Waals surface area contributed by atoms with Crippen molar-refractivity contribution < 1.29 is 14.3 Å². The van der Waals surface area contributed by atoms with Crippen LogP contribution in [0.3, 0.4) is 0 Å². The molecule has 2 aliphatic rings. The summed E-state index contributed by atoms with van der Waals surface area (Å²) in [6.07, 6.45) is 2.12. The average molecular weight is 267 g/mol. The van der Waals surface area contributed by atoms with E-state index in [9.17, 15) is 4.79 Å². The minimum absolute atomic E-state index is 0.0475. The molecule has 1 saturated heterocycles. The van der Waals surface area contributed by atoms with Crippen LogP contribution in [0.1, 0.15) is 23.2 Å². The van der Waals surface area contributed by atoms with Gasteiger partial charge in [0.15, 0.2) is 0 Å². The van der Waals surface area contributed by atoms with E-state index in [0.717, 1.165) is 18.4 Å². The van der Waals surface area contributed by atoms with Gasteiger partial charge in [-0.05, 0) is 24.3 Å². The molecule has 1 aliphatic carbocycles. The number of rotatable bonds is 2. The SMILES string of the molecule is CO[C@@H]1CC[C@H]2[C@H]1OCCN2C(=O)c1ccsc1. The van der Waals surface area contributed by atoms with E-state index in [1.807, 2.05) is 21.7 Å². The van der Waals surface area contributed by atoms with Crippen molar-refractivity contribution in [2.24, 2.45) is 0 Å². The Hall–Kier alpha value is -0.910. The van der Waals surface area contributed by atoms with Crippen molar-refractivity contribution in [3.05, 3.63) is 22.4 Å². The van der Waals surface area contributed by atoms with Gasteiger partial charge in [0, 0.05) is 19.0 Å². The van der Waals surface area contributed by atoms with Gasteiger partial charge in [0.25, 0.3) is 5.91 Å². The molecular formula is C13H17NO3S. The molecule has 1 aromatic heterocycles. The minimum Gasteiger partial charge on any atom is -0.379 e. The molecule has 18 heavy (non-hydrogen) atoms. The maximum Gasteiger partial charge on any atom is 0.255 e. The summed E-state index contributed by atoms with van der Waals surface area (Å²) in [6.45, 7) is 1.29. The first-order chi connectivity index (χ1) is 8.81. The van der Waals surface area contributed by atoms with Crippen LogP contribution in [0.5, 0.6) is 0 Å². The van der Waals surface area contributed by atoms with Crippen LogP contribution in [0.4, 0.5) is 0 Å². The lowest BCUT2D eigenvalue weighted by molar-refractivity contribution is -0.0946. The molecule has 98 valence electrons. The second kappa shape index (κ2) is 4.99. The highest BCUT2D eigenvalue weighted by Gasteiger charge is 2.44. The van der Waals surface area contributed by atoms with Crippen molar-refractivity contribution >= 4 is 17.2 Å². The van der Waals surface area contributed by atoms with Crippen molar-refractivity contribution in [2.75, 3.05) is 20.3 Å². The first-order valence-electron chi connectivity index (χ1n) is 6.29. The van der Waals surface area contributed by atoms with Gasteiger partial charge in [-0.3, -0.25) is 4.79 Å². The van der Waals surface area contributed by atoms with Gasteiger partial charge in [-0.15, -0.1) is 0 Å². The maximum atomic E-state index is 12.4. The van der Waals surface area contributed by atoms with Crippen LogP contribution >= 0.6 is 11.3 Å². The Labute approximate surface area is 110 Å². The standard InChI is InChI=1S/C13H17NO3S/c1-16-11-3-2-10-12(11)17-6-5-14(10)13(15)9-4-7-18-8-9/h4,7-8,10-12H,2-3,5-6H2,1H3/t10-,11+,12+/m0/s1. The first kappa shape index (κ1) is 12.1. The number of hydrogen-bond donors (Lipinski definition) is 0. The van der Waals surface area contributed by atoms with E-state index in [2.05, 4.69) is 0 Å². The van der Waals surface area contributed by atoms with Crippen LogP contribution in [0.2, 0.25) is 0 Å². The Morgan fingerprint density at radius 2 is 2.44 bits per heavy atom. The van der Waals surface area contributed by atoms with E-state index in [0.29, 0.717) is 13.2 Å². The summed E-state index contributed by atoms with van der Waals surface area (Å²) in [7, 11) is 1.72. The van der Waals surface area contributed by atoms with Crippen LogP contribution in [0.25, 0.3) is 0 Å². The summed E-state index contributed by atoms with van der Waals surface area (Å²) < 4.78 is 11.2. The molecule has 3 rings (SSSR count). The lowest BCUT2D eigenvalue weighted by Gasteiger charge is -2.38. The van der Waals surface area contributed by atoms with E-state index >= 15 is 0 Å². The maximum absolute atomic E-state index is 12.4. The largest absolute Gasteiger partial charge is 0.379 e. The predicted octanol–water partition coefficient (Wildman–Crippen LogP) is 1.77. The molecule has 2 heterocycles. The number of thiophene rings is 1. The van der Waals surface area contributed by atoms with Gasteiger partial charge in [-0.25, -0.2) is 0 Å². The number of nitrogens with zero attached hydrogens (tertiary/aromatic N) is 1. The van der Waals surface area contributed by atoms with Gasteiger partial charge in [0.05, 0.1) is 24.3 Å². The van der Waals surface area contributed by atoms with Crippen LogP contribution in [0, 0.1) is 0 Å². The Morgan fingerprint density at radius 3 is 3.17 bits per heavy atom. The Bertz CT molecular complexity index is 420. The highest BCUT2D eigenvalue weighted by atomic mass is 32.1. The molecule has 1 aliphatic heterocycles. The number of amides is 1. The Morgan fingerprint density at radius 1 is 1.56 bits per heavy atom. The zero-order chi connectivity index (χ0) is 12.5. The molecule has 1 saturated carbocycles. The van der Waals surface area contributed by atoms with Crippen LogP contribution in [0.15, 0.2) is 16.8 Å². The van der Waals surface area contributed by atoms with Crippen molar-refractivity contribution in [3.63, 3.8) is 0 Å². The summed E-state index contributed by atoms with van der Waals surface area (Å²) in [6, 6.07) is 2.07. The summed E-state index contributed by atoms with van der Waals surface area (Å²) in [5, 5.41) is 3.85. The molecule has 1 aromatic rings. The third kappa shape index (κ3) is 1.96. The summed E-state index contributed by atoms with van der Waals surface area (Å²) in [5.41, 5.74) is 0.793. The van der Waals surface area contributed by atoms with E-state index in [4.69, 9.17) is 9.47 Å². The van der Waals surface area contributed by atoms with E-state index in [1.54, 1.807) is 18.4 Å². The molecule has 4 nitrogen and oxygen atoms in total. The molecule has 0 bridgehead atoms. The van der Waals surface area contributed by atoms with Crippen molar-refractivity contribution in [3.8, 4) is 0 Å².